The van der Waals surface area contributed by atoms with Gasteiger partial charge in [0.1, 0.15) is 4.88 Å². The van der Waals surface area contributed by atoms with E-state index in [-0.39, 0.29) is 16.3 Å². The monoisotopic (exact) mass is 345 g/mol. The molecule has 112 valence electrons. The lowest BCUT2D eigenvalue weighted by Gasteiger charge is -2.06. The fraction of sp³-hybridized carbons (Fsp3) is 0.154. The Morgan fingerprint density at radius 2 is 2.10 bits per heavy atom. The maximum Gasteiger partial charge on any atom is 0.345 e. The highest BCUT2D eigenvalue weighted by Crippen LogP contribution is 2.25. The minimum absolute atomic E-state index is 0.00405. The zero-order valence-corrected chi connectivity index (χ0v) is 13.3. The van der Waals surface area contributed by atoms with Crippen molar-refractivity contribution in [2.24, 2.45) is 0 Å². The molecule has 0 fully saturated rings. The first kappa shape index (κ1) is 16.0. The molecule has 2 aromatic rings. The van der Waals surface area contributed by atoms with Gasteiger partial charge in [0.2, 0.25) is 10.0 Å². The molecule has 0 atom stereocenters. The minimum Gasteiger partial charge on any atom is -0.477 e. The van der Waals surface area contributed by atoms with Crippen molar-refractivity contribution in [1.29, 1.82) is 0 Å². The molecular weight excluding hydrogens is 334 g/mol. The standard InChI is InChI=1S/C13H12ClNO4S2/c1-8-12(6-11(20-8)13(16)17)21(18,19)15-7-9-3-2-4-10(14)5-9/h2-6,15H,7H2,1H3,(H,16,17). The topological polar surface area (TPSA) is 83.5 Å². The molecule has 0 saturated carbocycles. The first-order valence-corrected chi connectivity index (χ1v) is 8.55. The number of halogens is 1. The number of aromatic carboxylic acids is 1. The Morgan fingerprint density at radius 3 is 2.67 bits per heavy atom. The predicted octanol–water partition coefficient (Wildman–Crippen LogP) is 2.89. The lowest BCUT2D eigenvalue weighted by atomic mass is 10.2. The van der Waals surface area contributed by atoms with Crippen molar-refractivity contribution < 1.29 is 18.3 Å². The van der Waals surface area contributed by atoms with E-state index in [1.165, 1.54) is 6.07 Å². The number of benzene rings is 1. The molecule has 1 aromatic carbocycles. The number of thiophene rings is 1. The van der Waals surface area contributed by atoms with Crippen LogP contribution in [0.1, 0.15) is 20.1 Å². The van der Waals surface area contributed by atoms with Gasteiger partial charge in [-0.05, 0) is 30.7 Å². The summed E-state index contributed by atoms with van der Waals surface area (Å²) < 4.78 is 26.9. The quantitative estimate of drug-likeness (QED) is 0.872. The summed E-state index contributed by atoms with van der Waals surface area (Å²) in [4.78, 5) is 11.3. The van der Waals surface area contributed by atoms with Crippen LogP contribution in [0.2, 0.25) is 5.02 Å². The second kappa shape index (κ2) is 6.15. The number of rotatable bonds is 5. The van der Waals surface area contributed by atoms with Gasteiger partial charge in [-0.25, -0.2) is 17.9 Å². The van der Waals surface area contributed by atoms with E-state index in [9.17, 15) is 13.2 Å². The number of carboxylic acid groups (broad SMARTS) is 1. The molecule has 0 aliphatic rings. The number of hydrogen-bond acceptors (Lipinski definition) is 4. The third-order valence-electron chi connectivity index (χ3n) is 2.73. The average molecular weight is 346 g/mol. The molecule has 0 bridgehead atoms. The summed E-state index contributed by atoms with van der Waals surface area (Å²) >= 11 is 6.77. The van der Waals surface area contributed by atoms with E-state index >= 15 is 0 Å². The highest BCUT2D eigenvalue weighted by Gasteiger charge is 2.21. The second-order valence-electron chi connectivity index (χ2n) is 4.29. The van der Waals surface area contributed by atoms with Gasteiger partial charge in [0.15, 0.2) is 0 Å². The third kappa shape index (κ3) is 3.82. The molecule has 0 aliphatic heterocycles. The zero-order chi connectivity index (χ0) is 15.6. The van der Waals surface area contributed by atoms with Crippen LogP contribution in [0.25, 0.3) is 0 Å². The van der Waals surface area contributed by atoms with Crippen LogP contribution in [0, 0.1) is 6.92 Å². The molecule has 0 aliphatic carbocycles. The molecule has 21 heavy (non-hydrogen) atoms. The molecular formula is C13H12ClNO4S2. The van der Waals surface area contributed by atoms with E-state index in [4.69, 9.17) is 16.7 Å². The van der Waals surface area contributed by atoms with Crippen LogP contribution in [0.5, 0.6) is 0 Å². The molecule has 1 aromatic heterocycles. The fourth-order valence-corrected chi connectivity index (χ4v) is 4.40. The molecule has 5 nitrogen and oxygen atoms in total. The number of carboxylic acids is 1. The molecule has 0 spiro atoms. The maximum atomic E-state index is 12.2. The second-order valence-corrected chi connectivity index (χ2v) is 7.72. The molecule has 2 N–H and O–H groups in total. The van der Waals surface area contributed by atoms with E-state index in [2.05, 4.69) is 4.72 Å². The van der Waals surface area contributed by atoms with Crippen LogP contribution in [0.4, 0.5) is 0 Å². The zero-order valence-electron chi connectivity index (χ0n) is 11.0. The molecule has 1 heterocycles. The molecule has 0 unspecified atom stereocenters. The summed E-state index contributed by atoms with van der Waals surface area (Å²) in [7, 11) is -3.76. The number of hydrogen-bond donors (Lipinski definition) is 2. The van der Waals surface area contributed by atoms with Crippen LogP contribution in [-0.4, -0.2) is 19.5 Å². The van der Waals surface area contributed by atoms with E-state index in [1.807, 2.05) is 0 Å². The number of sulfonamides is 1. The normalized spacial score (nSPS) is 11.5. The maximum absolute atomic E-state index is 12.2. The third-order valence-corrected chi connectivity index (χ3v) is 5.66. The van der Waals surface area contributed by atoms with Gasteiger partial charge < -0.3 is 5.11 Å². The van der Waals surface area contributed by atoms with Crippen molar-refractivity contribution in [3.8, 4) is 0 Å². The Balaban J connectivity index is 2.21. The summed E-state index contributed by atoms with van der Waals surface area (Å²) in [6.45, 7) is 1.66. The summed E-state index contributed by atoms with van der Waals surface area (Å²) in [6, 6.07) is 8.00. The summed E-state index contributed by atoms with van der Waals surface area (Å²) in [5, 5.41) is 9.43. The van der Waals surface area contributed by atoms with Crippen LogP contribution in [0.15, 0.2) is 35.2 Å². The van der Waals surface area contributed by atoms with Gasteiger partial charge in [-0.3, -0.25) is 0 Å². The van der Waals surface area contributed by atoms with Gasteiger partial charge in [-0.1, -0.05) is 23.7 Å². The molecule has 0 amide bonds. The molecule has 2 rings (SSSR count). The Labute approximate surface area is 131 Å². The van der Waals surface area contributed by atoms with Gasteiger partial charge in [0.25, 0.3) is 0 Å². The Kier molecular flexibility index (Phi) is 4.67. The van der Waals surface area contributed by atoms with Gasteiger partial charge in [-0.15, -0.1) is 11.3 Å². The van der Waals surface area contributed by atoms with E-state index < -0.39 is 16.0 Å². The van der Waals surface area contributed by atoms with Crippen LogP contribution >= 0.6 is 22.9 Å². The Morgan fingerprint density at radius 1 is 1.38 bits per heavy atom. The van der Waals surface area contributed by atoms with Crippen molar-refractivity contribution in [1.82, 2.24) is 4.72 Å². The van der Waals surface area contributed by atoms with Crippen molar-refractivity contribution in [3.63, 3.8) is 0 Å². The van der Waals surface area contributed by atoms with E-state index in [0.717, 1.165) is 16.9 Å². The first-order valence-electron chi connectivity index (χ1n) is 5.87. The largest absolute Gasteiger partial charge is 0.477 e. The predicted molar refractivity (Wildman–Crippen MR) is 81.5 cm³/mol. The van der Waals surface area contributed by atoms with Gasteiger partial charge in [-0.2, -0.15) is 0 Å². The first-order chi connectivity index (χ1) is 9.79. The van der Waals surface area contributed by atoms with Crippen molar-refractivity contribution >= 4 is 38.9 Å². The SMILES string of the molecule is Cc1sc(C(=O)O)cc1S(=O)(=O)NCc1cccc(Cl)c1. The van der Waals surface area contributed by atoms with Crippen molar-refractivity contribution in [2.75, 3.05) is 0 Å². The number of nitrogens with one attached hydrogen (secondary N) is 1. The Bertz CT molecular complexity index is 783. The molecule has 0 saturated heterocycles. The summed E-state index contributed by atoms with van der Waals surface area (Å²) in [6.07, 6.45) is 0. The summed E-state index contributed by atoms with van der Waals surface area (Å²) in [5.41, 5.74) is 0.720. The smallest absolute Gasteiger partial charge is 0.345 e. The minimum atomic E-state index is -3.76. The number of aryl methyl sites for hydroxylation is 1. The van der Waals surface area contributed by atoms with Gasteiger partial charge in [0.05, 0.1) is 4.90 Å². The lowest BCUT2D eigenvalue weighted by Crippen LogP contribution is -2.23. The molecule has 8 heteroatoms. The highest BCUT2D eigenvalue weighted by molar-refractivity contribution is 7.89. The van der Waals surface area contributed by atoms with Crippen molar-refractivity contribution in [2.45, 2.75) is 18.4 Å². The highest BCUT2D eigenvalue weighted by atomic mass is 35.5. The fourth-order valence-electron chi connectivity index (χ4n) is 1.74. The van der Waals surface area contributed by atoms with Gasteiger partial charge >= 0.3 is 5.97 Å². The number of carbonyl (C=O) groups is 1. The van der Waals surface area contributed by atoms with Crippen molar-refractivity contribution in [3.05, 3.63) is 50.7 Å². The van der Waals surface area contributed by atoms with E-state index in [0.29, 0.717) is 9.90 Å². The van der Waals surface area contributed by atoms with Crippen LogP contribution in [-0.2, 0) is 16.6 Å². The van der Waals surface area contributed by atoms with Gasteiger partial charge in [0, 0.05) is 16.4 Å². The lowest BCUT2D eigenvalue weighted by molar-refractivity contribution is 0.0702. The van der Waals surface area contributed by atoms with Crippen LogP contribution in [0.3, 0.4) is 0 Å². The summed E-state index contributed by atoms with van der Waals surface area (Å²) in [5.74, 6) is -1.14. The Hall–Kier alpha value is -1.41. The van der Waals surface area contributed by atoms with E-state index in [1.54, 1.807) is 31.2 Å². The van der Waals surface area contributed by atoms with Crippen LogP contribution < -0.4 is 4.72 Å². The molecule has 0 radical (unpaired) electrons. The average Bonchev–Trinajstić information content (AvgIpc) is 2.80.